The van der Waals surface area contributed by atoms with E-state index in [-0.39, 0.29) is 17.9 Å². The predicted molar refractivity (Wildman–Crippen MR) is 89.3 cm³/mol. The summed E-state index contributed by atoms with van der Waals surface area (Å²) in [6.45, 7) is 6.83. The Morgan fingerprint density at radius 2 is 1.96 bits per heavy atom. The van der Waals surface area contributed by atoms with E-state index in [2.05, 4.69) is 9.88 Å². The summed E-state index contributed by atoms with van der Waals surface area (Å²) in [6, 6.07) is 3.78. The van der Waals surface area contributed by atoms with Crippen molar-refractivity contribution < 1.29 is 9.90 Å². The highest BCUT2D eigenvalue weighted by Crippen LogP contribution is 2.33. The number of rotatable bonds is 4. The van der Waals surface area contributed by atoms with E-state index in [4.69, 9.17) is 0 Å². The SMILES string of the molecule is Cc1cccnc1C(=O)N1CCC(CO)(CN2CCCC2)CC1. The monoisotopic (exact) mass is 317 g/mol. The van der Waals surface area contributed by atoms with Crippen LogP contribution in [0.25, 0.3) is 0 Å². The first-order valence-electron chi connectivity index (χ1n) is 8.68. The third-order valence-electron chi connectivity index (χ3n) is 5.42. The highest BCUT2D eigenvalue weighted by molar-refractivity contribution is 5.93. The molecule has 0 atom stereocenters. The normalized spacial score (nSPS) is 21.6. The van der Waals surface area contributed by atoms with Gasteiger partial charge in [0.2, 0.25) is 0 Å². The lowest BCUT2D eigenvalue weighted by Crippen LogP contribution is -2.49. The molecular weight excluding hydrogens is 290 g/mol. The fraction of sp³-hybridized carbons (Fsp3) is 0.667. The van der Waals surface area contributed by atoms with Gasteiger partial charge < -0.3 is 14.9 Å². The molecule has 2 aliphatic heterocycles. The molecule has 0 aromatic carbocycles. The van der Waals surface area contributed by atoms with Crippen molar-refractivity contribution in [2.45, 2.75) is 32.6 Å². The maximum absolute atomic E-state index is 12.7. The molecule has 2 saturated heterocycles. The summed E-state index contributed by atoms with van der Waals surface area (Å²) >= 11 is 0. The minimum Gasteiger partial charge on any atom is -0.396 e. The van der Waals surface area contributed by atoms with Crippen LogP contribution in [-0.2, 0) is 0 Å². The molecule has 1 amide bonds. The summed E-state index contributed by atoms with van der Waals surface area (Å²) in [6.07, 6.45) is 5.96. The average Bonchev–Trinajstić information content (AvgIpc) is 3.08. The van der Waals surface area contributed by atoms with Crippen LogP contribution in [0, 0.1) is 12.3 Å². The van der Waals surface area contributed by atoms with Gasteiger partial charge in [0, 0.05) is 31.2 Å². The standard InChI is InChI=1S/C18H27N3O2/c1-15-5-4-8-19-16(15)17(23)21-11-6-18(14-22,7-12-21)13-20-9-2-3-10-20/h4-5,8,22H,2-3,6-7,9-14H2,1H3. The molecule has 2 fully saturated rings. The van der Waals surface area contributed by atoms with Crippen LogP contribution in [0.3, 0.4) is 0 Å². The fourth-order valence-electron chi connectivity index (χ4n) is 3.82. The maximum Gasteiger partial charge on any atom is 0.272 e. The smallest absolute Gasteiger partial charge is 0.272 e. The number of carbonyl (C=O) groups excluding carboxylic acids is 1. The van der Waals surface area contributed by atoms with Crippen molar-refractivity contribution in [1.82, 2.24) is 14.8 Å². The molecule has 1 aromatic rings. The van der Waals surface area contributed by atoms with E-state index in [0.717, 1.165) is 38.0 Å². The van der Waals surface area contributed by atoms with Crippen molar-refractivity contribution in [2.75, 3.05) is 39.3 Å². The number of pyridine rings is 1. The maximum atomic E-state index is 12.7. The zero-order valence-electron chi connectivity index (χ0n) is 14.0. The number of piperidine rings is 1. The third kappa shape index (κ3) is 3.56. The van der Waals surface area contributed by atoms with E-state index >= 15 is 0 Å². The van der Waals surface area contributed by atoms with E-state index in [1.165, 1.54) is 12.8 Å². The number of carbonyl (C=O) groups is 1. The van der Waals surface area contributed by atoms with Gasteiger partial charge in [-0.15, -0.1) is 0 Å². The van der Waals surface area contributed by atoms with E-state index < -0.39 is 0 Å². The van der Waals surface area contributed by atoms with Crippen LogP contribution < -0.4 is 0 Å². The summed E-state index contributed by atoms with van der Waals surface area (Å²) in [4.78, 5) is 21.3. The summed E-state index contributed by atoms with van der Waals surface area (Å²) in [7, 11) is 0. The van der Waals surface area contributed by atoms with Crippen LogP contribution in [0.4, 0.5) is 0 Å². The number of aromatic nitrogens is 1. The molecule has 2 aliphatic rings. The van der Waals surface area contributed by atoms with E-state index in [9.17, 15) is 9.90 Å². The number of aliphatic hydroxyl groups excluding tert-OH is 1. The topological polar surface area (TPSA) is 56.7 Å². The van der Waals surface area contributed by atoms with Gasteiger partial charge in [0.1, 0.15) is 5.69 Å². The van der Waals surface area contributed by atoms with Gasteiger partial charge >= 0.3 is 0 Å². The Morgan fingerprint density at radius 1 is 1.26 bits per heavy atom. The van der Waals surface area contributed by atoms with E-state index in [1.54, 1.807) is 6.20 Å². The summed E-state index contributed by atoms with van der Waals surface area (Å²) in [5.74, 6) is 0.0239. The van der Waals surface area contributed by atoms with Gasteiger partial charge in [0.15, 0.2) is 0 Å². The molecule has 1 aromatic heterocycles. The van der Waals surface area contributed by atoms with Gasteiger partial charge in [-0.2, -0.15) is 0 Å². The molecule has 0 spiro atoms. The van der Waals surface area contributed by atoms with Gasteiger partial charge in [-0.25, -0.2) is 0 Å². The number of hydrogen-bond donors (Lipinski definition) is 1. The average molecular weight is 317 g/mol. The van der Waals surface area contributed by atoms with Crippen LogP contribution >= 0.6 is 0 Å². The molecule has 0 aliphatic carbocycles. The number of nitrogens with zero attached hydrogens (tertiary/aromatic N) is 3. The molecule has 0 saturated carbocycles. The van der Waals surface area contributed by atoms with Crippen LogP contribution in [0.15, 0.2) is 18.3 Å². The first-order valence-corrected chi connectivity index (χ1v) is 8.68. The molecule has 3 rings (SSSR count). The molecule has 5 nitrogen and oxygen atoms in total. The zero-order valence-corrected chi connectivity index (χ0v) is 14.0. The molecule has 23 heavy (non-hydrogen) atoms. The van der Waals surface area contributed by atoms with Gasteiger partial charge in [-0.3, -0.25) is 9.78 Å². The first kappa shape index (κ1) is 16.4. The fourth-order valence-corrected chi connectivity index (χ4v) is 3.82. The Hall–Kier alpha value is -1.46. The van der Waals surface area contributed by atoms with Crippen LogP contribution in [0.2, 0.25) is 0 Å². The number of likely N-dealkylation sites (tertiary alicyclic amines) is 2. The molecule has 0 radical (unpaired) electrons. The molecule has 0 unspecified atom stereocenters. The van der Waals surface area contributed by atoms with Gasteiger partial charge in [0.05, 0.1) is 6.61 Å². The third-order valence-corrected chi connectivity index (χ3v) is 5.42. The Balaban J connectivity index is 1.62. The highest BCUT2D eigenvalue weighted by Gasteiger charge is 2.37. The molecule has 0 bridgehead atoms. The molecular formula is C18H27N3O2. The Kier molecular flexibility index (Phi) is 4.97. The lowest BCUT2D eigenvalue weighted by atomic mass is 9.78. The highest BCUT2D eigenvalue weighted by atomic mass is 16.3. The van der Waals surface area contributed by atoms with Crippen LogP contribution in [0.1, 0.15) is 41.7 Å². The van der Waals surface area contributed by atoms with Crippen LogP contribution in [-0.4, -0.2) is 65.1 Å². The number of aryl methyl sites for hydroxylation is 1. The number of amides is 1. The van der Waals surface area contributed by atoms with Crippen molar-refractivity contribution in [3.8, 4) is 0 Å². The molecule has 3 heterocycles. The van der Waals surface area contributed by atoms with Crippen molar-refractivity contribution >= 4 is 5.91 Å². The quantitative estimate of drug-likeness (QED) is 0.918. The second-order valence-electron chi connectivity index (χ2n) is 7.10. The number of aliphatic hydroxyl groups is 1. The summed E-state index contributed by atoms with van der Waals surface area (Å²) < 4.78 is 0. The second kappa shape index (κ2) is 6.97. The Labute approximate surface area is 138 Å². The lowest BCUT2D eigenvalue weighted by molar-refractivity contribution is 0.0176. The predicted octanol–water partition coefficient (Wildman–Crippen LogP) is 1.70. The Bertz CT molecular complexity index is 547. The molecule has 5 heteroatoms. The number of hydrogen-bond acceptors (Lipinski definition) is 4. The summed E-state index contributed by atoms with van der Waals surface area (Å²) in [5.41, 5.74) is 1.44. The summed E-state index contributed by atoms with van der Waals surface area (Å²) in [5, 5.41) is 9.95. The lowest BCUT2D eigenvalue weighted by Gasteiger charge is -2.42. The van der Waals surface area contributed by atoms with Crippen molar-refractivity contribution in [3.05, 3.63) is 29.6 Å². The zero-order chi connectivity index (χ0) is 16.3. The van der Waals surface area contributed by atoms with E-state index in [0.29, 0.717) is 18.8 Å². The largest absolute Gasteiger partial charge is 0.396 e. The van der Waals surface area contributed by atoms with Crippen molar-refractivity contribution in [1.29, 1.82) is 0 Å². The van der Waals surface area contributed by atoms with Crippen molar-refractivity contribution in [2.24, 2.45) is 5.41 Å². The minimum atomic E-state index is -0.0414. The molecule has 1 N–H and O–H groups in total. The van der Waals surface area contributed by atoms with Gasteiger partial charge in [-0.05, 0) is 57.3 Å². The Morgan fingerprint density at radius 3 is 2.57 bits per heavy atom. The van der Waals surface area contributed by atoms with Gasteiger partial charge in [0.25, 0.3) is 5.91 Å². The molecule has 126 valence electrons. The van der Waals surface area contributed by atoms with Gasteiger partial charge in [-0.1, -0.05) is 6.07 Å². The van der Waals surface area contributed by atoms with Crippen LogP contribution in [0.5, 0.6) is 0 Å². The minimum absolute atomic E-state index is 0.0239. The second-order valence-corrected chi connectivity index (χ2v) is 7.10. The van der Waals surface area contributed by atoms with E-state index in [1.807, 2.05) is 24.0 Å². The first-order chi connectivity index (χ1) is 11.1. The van der Waals surface area contributed by atoms with Crippen molar-refractivity contribution in [3.63, 3.8) is 0 Å².